The van der Waals surface area contributed by atoms with Crippen molar-refractivity contribution in [3.8, 4) is 5.75 Å². The number of hydrogen-bond acceptors (Lipinski definition) is 7. The molecule has 1 fully saturated rings. The van der Waals surface area contributed by atoms with Gasteiger partial charge in [0, 0.05) is 19.4 Å². The number of aliphatic hydroxyl groups is 1. The van der Waals surface area contributed by atoms with Crippen LogP contribution in [0.5, 0.6) is 5.75 Å². The van der Waals surface area contributed by atoms with Crippen molar-refractivity contribution >= 4 is 17.8 Å². The van der Waals surface area contributed by atoms with Gasteiger partial charge in [-0.25, -0.2) is 4.79 Å². The van der Waals surface area contributed by atoms with Gasteiger partial charge in [0.25, 0.3) is 0 Å². The molecule has 1 unspecified atom stereocenters. The molecule has 1 amide bonds. The van der Waals surface area contributed by atoms with Gasteiger partial charge in [0.1, 0.15) is 17.9 Å². The fourth-order valence-corrected chi connectivity index (χ4v) is 4.59. The van der Waals surface area contributed by atoms with E-state index in [1.54, 1.807) is 19.2 Å². The number of esters is 1. The first kappa shape index (κ1) is 26.2. The van der Waals surface area contributed by atoms with Gasteiger partial charge in [-0.1, -0.05) is 42.5 Å². The lowest BCUT2D eigenvalue weighted by Crippen LogP contribution is -2.55. The van der Waals surface area contributed by atoms with E-state index in [-0.39, 0.29) is 25.2 Å². The van der Waals surface area contributed by atoms with E-state index in [2.05, 4.69) is 0 Å². The summed E-state index contributed by atoms with van der Waals surface area (Å²) in [6.45, 7) is 1.89. The number of ether oxygens (including phenoxy) is 3. The van der Waals surface area contributed by atoms with Crippen LogP contribution in [0.1, 0.15) is 37.3 Å². The smallest absolute Gasteiger partial charge is 0.410 e. The topological polar surface area (TPSA) is 102 Å². The van der Waals surface area contributed by atoms with Gasteiger partial charge < -0.3 is 19.3 Å². The van der Waals surface area contributed by atoms with E-state index in [1.807, 2.05) is 42.5 Å². The zero-order valence-electron chi connectivity index (χ0n) is 20.4. The molecule has 1 aliphatic heterocycles. The van der Waals surface area contributed by atoms with Crippen LogP contribution in [0.25, 0.3) is 0 Å². The molecule has 0 saturated carbocycles. The number of aliphatic hydroxyl groups excluding tert-OH is 1. The second-order valence-electron chi connectivity index (χ2n) is 8.85. The minimum absolute atomic E-state index is 0.0848. The number of rotatable bonds is 10. The summed E-state index contributed by atoms with van der Waals surface area (Å²) in [6.07, 6.45) is -0.622. The molecule has 0 aromatic heterocycles. The summed E-state index contributed by atoms with van der Waals surface area (Å²) in [4.78, 5) is 40.8. The van der Waals surface area contributed by atoms with E-state index in [0.29, 0.717) is 25.1 Å². The van der Waals surface area contributed by atoms with Crippen molar-refractivity contribution in [2.24, 2.45) is 5.92 Å². The monoisotopic (exact) mass is 483 g/mol. The van der Waals surface area contributed by atoms with Crippen molar-refractivity contribution in [3.63, 3.8) is 0 Å². The molecule has 0 aliphatic carbocycles. The third kappa shape index (κ3) is 6.19. The molecule has 35 heavy (non-hydrogen) atoms. The third-order valence-electron chi connectivity index (χ3n) is 6.58. The van der Waals surface area contributed by atoms with E-state index in [1.165, 1.54) is 18.9 Å². The van der Waals surface area contributed by atoms with Crippen LogP contribution >= 0.6 is 0 Å². The zero-order chi connectivity index (χ0) is 25.4. The normalized spacial score (nSPS) is 19.0. The SMILES string of the molecule is COC(=O)[C@H](CC(=O)C1(Cc2ccc(OC)cc2)CCCN1C(=O)OCc1ccccc1)[C@H](C)O. The van der Waals surface area contributed by atoms with Gasteiger partial charge in [-0.2, -0.15) is 0 Å². The predicted molar refractivity (Wildman–Crippen MR) is 129 cm³/mol. The van der Waals surface area contributed by atoms with Crippen LogP contribution in [0.15, 0.2) is 54.6 Å². The number of benzene rings is 2. The molecule has 8 nitrogen and oxygen atoms in total. The lowest BCUT2D eigenvalue weighted by Gasteiger charge is -2.37. The Bertz CT molecular complexity index is 1010. The number of Topliss-reactive ketones (excluding diaryl/α,β-unsaturated/α-hetero) is 1. The number of nitrogens with zero attached hydrogens (tertiary/aromatic N) is 1. The van der Waals surface area contributed by atoms with Gasteiger partial charge in [-0.05, 0) is 43.0 Å². The standard InChI is InChI=1S/C27H33NO7/c1-19(29)23(25(31)34-3)16-24(30)27(17-20-10-12-22(33-2)13-11-20)14-7-15-28(27)26(32)35-18-21-8-5-4-6-9-21/h4-6,8-13,19,23,29H,7,14-18H2,1-3H3/t19-,23+,27?/m0/s1. The highest BCUT2D eigenvalue weighted by molar-refractivity contribution is 5.95. The highest BCUT2D eigenvalue weighted by Gasteiger charge is 2.51. The molecule has 2 aromatic carbocycles. The van der Waals surface area contributed by atoms with Gasteiger partial charge in [0.15, 0.2) is 5.78 Å². The summed E-state index contributed by atoms with van der Waals surface area (Å²) in [6, 6.07) is 16.6. The number of hydrogen-bond donors (Lipinski definition) is 1. The van der Waals surface area contributed by atoms with E-state index >= 15 is 0 Å². The first-order chi connectivity index (χ1) is 16.8. The summed E-state index contributed by atoms with van der Waals surface area (Å²) in [5.41, 5.74) is 0.476. The van der Waals surface area contributed by atoms with Crippen LogP contribution in [0.2, 0.25) is 0 Å². The van der Waals surface area contributed by atoms with Crippen LogP contribution in [0.3, 0.4) is 0 Å². The number of methoxy groups -OCH3 is 2. The van der Waals surface area contributed by atoms with Crippen LogP contribution in [0, 0.1) is 5.92 Å². The summed E-state index contributed by atoms with van der Waals surface area (Å²) >= 11 is 0. The van der Waals surface area contributed by atoms with Crippen LogP contribution in [-0.2, 0) is 32.1 Å². The predicted octanol–water partition coefficient (Wildman–Crippen LogP) is 3.54. The molecular weight excluding hydrogens is 450 g/mol. The van der Waals surface area contributed by atoms with Crippen molar-refractivity contribution in [2.45, 2.75) is 50.9 Å². The lowest BCUT2D eigenvalue weighted by atomic mass is 9.79. The minimum Gasteiger partial charge on any atom is -0.497 e. The van der Waals surface area contributed by atoms with Crippen molar-refractivity contribution in [1.29, 1.82) is 0 Å². The molecule has 0 bridgehead atoms. The van der Waals surface area contributed by atoms with E-state index < -0.39 is 29.6 Å². The van der Waals surface area contributed by atoms with Crippen LogP contribution in [0.4, 0.5) is 4.79 Å². The summed E-state index contributed by atoms with van der Waals surface area (Å²) in [5, 5.41) is 10.1. The molecule has 188 valence electrons. The molecule has 8 heteroatoms. The molecule has 1 aliphatic rings. The van der Waals surface area contributed by atoms with Gasteiger partial charge in [-0.3, -0.25) is 14.5 Å². The summed E-state index contributed by atoms with van der Waals surface area (Å²) in [7, 11) is 2.79. The van der Waals surface area contributed by atoms with E-state index in [4.69, 9.17) is 14.2 Å². The molecule has 1 saturated heterocycles. The number of ketones is 1. The Labute approximate surface area is 205 Å². The van der Waals surface area contributed by atoms with Crippen molar-refractivity contribution in [3.05, 3.63) is 65.7 Å². The Morgan fingerprint density at radius 3 is 2.31 bits per heavy atom. The maximum absolute atomic E-state index is 13.8. The maximum Gasteiger partial charge on any atom is 0.410 e. The van der Waals surface area contributed by atoms with E-state index in [0.717, 1.165) is 11.1 Å². The van der Waals surface area contributed by atoms with Gasteiger partial charge in [0.05, 0.1) is 26.2 Å². The molecule has 3 rings (SSSR count). The number of carbonyl (C=O) groups excluding carboxylic acids is 3. The van der Waals surface area contributed by atoms with Crippen LogP contribution < -0.4 is 4.74 Å². The number of amides is 1. The Hall–Kier alpha value is -3.39. The average molecular weight is 484 g/mol. The van der Waals surface area contributed by atoms with Gasteiger partial charge >= 0.3 is 12.1 Å². The minimum atomic E-state index is -1.20. The van der Waals surface area contributed by atoms with Crippen molar-refractivity contribution in [1.82, 2.24) is 4.90 Å². The quantitative estimate of drug-likeness (QED) is 0.516. The number of carbonyl (C=O) groups is 3. The molecule has 0 radical (unpaired) electrons. The largest absolute Gasteiger partial charge is 0.497 e. The van der Waals surface area contributed by atoms with Crippen molar-refractivity contribution in [2.75, 3.05) is 20.8 Å². The van der Waals surface area contributed by atoms with Gasteiger partial charge in [-0.15, -0.1) is 0 Å². The summed E-state index contributed by atoms with van der Waals surface area (Å²) in [5.74, 6) is -1.31. The fourth-order valence-electron chi connectivity index (χ4n) is 4.59. The zero-order valence-corrected chi connectivity index (χ0v) is 20.4. The highest BCUT2D eigenvalue weighted by Crippen LogP contribution is 2.37. The Kier molecular flexibility index (Phi) is 8.87. The Morgan fingerprint density at radius 2 is 1.71 bits per heavy atom. The average Bonchev–Trinajstić information content (AvgIpc) is 3.30. The van der Waals surface area contributed by atoms with Crippen LogP contribution in [-0.4, -0.2) is 60.3 Å². The number of likely N-dealkylation sites (tertiary alicyclic amines) is 1. The fraction of sp³-hybridized carbons (Fsp3) is 0.444. The molecule has 1 heterocycles. The first-order valence-corrected chi connectivity index (χ1v) is 11.7. The van der Waals surface area contributed by atoms with Gasteiger partial charge in [0.2, 0.25) is 0 Å². The highest BCUT2D eigenvalue weighted by atomic mass is 16.6. The lowest BCUT2D eigenvalue weighted by molar-refractivity contribution is -0.152. The molecule has 2 aromatic rings. The maximum atomic E-state index is 13.8. The Morgan fingerprint density at radius 1 is 1.03 bits per heavy atom. The molecule has 0 spiro atoms. The third-order valence-corrected chi connectivity index (χ3v) is 6.58. The summed E-state index contributed by atoms with van der Waals surface area (Å²) < 4.78 is 15.6. The van der Waals surface area contributed by atoms with Crippen molar-refractivity contribution < 1.29 is 33.7 Å². The Balaban J connectivity index is 1.89. The second-order valence-corrected chi connectivity index (χ2v) is 8.85. The molecule has 1 N–H and O–H groups in total. The van der Waals surface area contributed by atoms with E-state index in [9.17, 15) is 19.5 Å². The second kappa shape index (κ2) is 11.8. The first-order valence-electron chi connectivity index (χ1n) is 11.7. The molecular formula is C27H33NO7. The molecule has 3 atom stereocenters.